The second-order valence-electron chi connectivity index (χ2n) is 4.73. The van der Waals surface area contributed by atoms with E-state index in [1.165, 1.54) is 0 Å². The molecule has 96 valence electrons. The van der Waals surface area contributed by atoms with Gasteiger partial charge in [-0.1, -0.05) is 43.1 Å². The van der Waals surface area contributed by atoms with Crippen molar-refractivity contribution < 1.29 is 5.11 Å². The van der Waals surface area contributed by atoms with Crippen LogP contribution in [0.3, 0.4) is 0 Å². The average molecular weight is 276 g/mol. The van der Waals surface area contributed by atoms with Gasteiger partial charge >= 0.3 is 0 Å². The van der Waals surface area contributed by atoms with Crippen LogP contribution in [0.5, 0.6) is 0 Å². The lowest BCUT2D eigenvalue weighted by molar-refractivity contribution is 0.128. The largest absolute Gasteiger partial charge is 0.391 e. The highest BCUT2D eigenvalue weighted by atomic mass is 35.5. The van der Waals surface area contributed by atoms with Crippen LogP contribution in [0.15, 0.2) is 18.2 Å². The SMILES string of the molecule is CC(C)CC[C@H](O)[C@H](N)c1ccc(Cl)cc1Cl. The van der Waals surface area contributed by atoms with Gasteiger partial charge < -0.3 is 10.8 Å². The second-order valence-corrected chi connectivity index (χ2v) is 5.57. The fourth-order valence-corrected chi connectivity index (χ4v) is 2.20. The van der Waals surface area contributed by atoms with E-state index in [1.54, 1.807) is 18.2 Å². The van der Waals surface area contributed by atoms with E-state index in [2.05, 4.69) is 13.8 Å². The Labute approximate surface area is 113 Å². The number of halogens is 2. The first-order valence-electron chi connectivity index (χ1n) is 5.80. The normalized spacial score (nSPS) is 15.0. The molecule has 1 aromatic rings. The third-order valence-corrected chi connectivity index (χ3v) is 3.34. The van der Waals surface area contributed by atoms with Crippen molar-refractivity contribution >= 4 is 23.2 Å². The Morgan fingerprint density at radius 2 is 1.88 bits per heavy atom. The van der Waals surface area contributed by atoms with Crippen molar-refractivity contribution in [1.82, 2.24) is 0 Å². The van der Waals surface area contributed by atoms with Crippen LogP contribution in [0.25, 0.3) is 0 Å². The lowest BCUT2D eigenvalue weighted by Gasteiger charge is -2.21. The van der Waals surface area contributed by atoms with Crippen LogP contribution in [0.2, 0.25) is 10.0 Å². The molecule has 0 aromatic heterocycles. The molecule has 0 saturated carbocycles. The van der Waals surface area contributed by atoms with Crippen LogP contribution >= 0.6 is 23.2 Å². The topological polar surface area (TPSA) is 46.2 Å². The maximum atomic E-state index is 10.00. The second kappa shape index (κ2) is 6.60. The summed E-state index contributed by atoms with van der Waals surface area (Å²) in [5, 5.41) is 11.1. The number of hydrogen-bond acceptors (Lipinski definition) is 2. The van der Waals surface area contributed by atoms with Crippen molar-refractivity contribution in [3.05, 3.63) is 33.8 Å². The number of aliphatic hydroxyl groups is 1. The van der Waals surface area contributed by atoms with Crippen LogP contribution in [-0.2, 0) is 0 Å². The number of hydrogen-bond donors (Lipinski definition) is 2. The van der Waals surface area contributed by atoms with Gasteiger partial charge in [0, 0.05) is 10.0 Å². The summed E-state index contributed by atoms with van der Waals surface area (Å²) >= 11 is 11.9. The van der Waals surface area contributed by atoms with Gasteiger partial charge in [-0.05, 0) is 36.5 Å². The summed E-state index contributed by atoms with van der Waals surface area (Å²) < 4.78 is 0. The summed E-state index contributed by atoms with van der Waals surface area (Å²) in [6.45, 7) is 4.24. The number of aliphatic hydroxyl groups excluding tert-OH is 1. The fraction of sp³-hybridized carbons (Fsp3) is 0.538. The number of nitrogens with two attached hydrogens (primary N) is 1. The molecule has 17 heavy (non-hydrogen) atoms. The van der Waals surface area contributed by atoms with Crippen LogP contribution in [0, 0.1) is 5.92 Å². The minimum atomic E-state index is -0.573. The van der Waals surface area contributed by atoms with Crippen molar-refractivity contribution in [2.75, 3.05) is 0 Å². The molecule has 0 radical (unpaired) electrons. The molecule has 0 unspecified atom stereocenters. The maximum absolute atomic E-state index is 10.00. The minimum absolute atomic E-state index is 0.460. The summed E-state index contributed by atoms with van der Waals surface area (Å²) in [6, 6.07) is 4.69. The smallest absolute Gasteiger partial charge is 0.0733 e. The van der Waals surface area contributed by atoms with Gasteiger partial charge in [0.05, 0.1) is 12.1 Å². The van der Waals surface area contributed by atoms with E-state index in [1.807, 2.05) is 0 Å². The Bertz CT molecular complexity index is 368. The quantitative estimate of drug-likeness (QED) is 0.859. The lowest BCUT2D eigenvalue weighted by Crippen LogP contribution is -2.26. The lowest BCUT2D eigenvalue weighted by atomic mass is 9.96. The van der Waals surface area contributed by atoms with E-state index in [-0.39, 0.29) is 0 Å². The standard InChI is InChI=1S/C13H19Cl2NO/c1-8(2)3-6-12(17)13(16)10-5-4-9(14)7-11(10)15/h4-5,7-8,12-13,17H,3,6,16H2,1-2H3/t12-,13+/m0/s1. The molecule has 0 fully saturated rings. The molecule has 0 spiro atoms. The van der Waals surface area contributed by atoms with Gasteiger partial charge in [0.25, 0.3) is 0 Å². The van der Waals surface area contributed by atoms with E-state index in [0.717, 1.165) is 12.0 Å². The summed E-state index contributed by atoms with van der Waals surface area (Å²) in [6.07, 6.45) is 1.05. The predicted octanol–water partition coefficient (Wildman–Crippen LogP) is 3.79. The van der Waals surface area contributed by atoms with Crippen LogP contribution < -0.4 is 5.73 Å². The van der Waals surface area contributed by atoms with E-state index >= 15 is 0 Å². The molecular formula is C13H19Cl2NO. The zero-order valence-corrected chi connectivity index (χ0v) is 11.7. The molecule has 0 aliphatic rings. The molecule has 4 heteroatoms. The molecule has 0 aliphatic carbocycles. The maximum Gasteiger partial charge on any atom is 0.0733 e. The van der Waals surface area contributed by atoms with Crippen LogP contribution in [-0.4, -0.2) is 11.2 Å². The molecule has 1 aromatic carbocycles. The summed E-state index contributed by atoms with van der Waals surface area (Å²) in [5.74, 6) is 0.553. The van der Waals surface area contributed by atoms with Crippen molar-refractivity contribution in [2.45, 2.75) is 38.8 Å². The highest BCUT2D eigenvalue weighted by molar-refractivity contribution is 6.35. The third kappa shape index (κ3) is 4.47. The van der Waals surface area contributed by atoms with Gasteiger partial charge in [-0.2, -0.15) is 0 Å². The van der Waals surface area contributed by atoms with Gasteiger partial charge in [0.1, 0.15) is 0 Å². The molecule has 0 amide bonds. The third-order valence-electron chi connectivity index (χ3n) is 2.78. The Morgan fingerprint density at radius 3 is 2.41 bits per heavy atom. The predicted molar refractivity (Wildman–Crippen MR) is 73.5 cm³/mol. The fourth-order valence-electron chi connectivity index (χ4n) is 1.66. The summed E-state index contributed by atoms with van der Waals surface area (Å²) in [7, 11) is 0. The molecule has 0 aliphatic heterocycles. The Morgan fingerprint density at radius 1 is 1.24 bits per heavy atom. The molecule has 2 nitrogen and oxygen atoms in total. The van der Waals surface area contributed by atoms with Gasteiger partial charge in [0.2, 0.25) is 0 Å². The van der Waals surface area contributed by atoms with Crippen molar-refractivity contribution in [2.24, 2.45) is 11.7 Å². The summed E-state index contributed by atoms with van der Waals surface area (Å²) in [4.78, 5) is 0. The molecule has 0 saturated heterocycles. The molecule has 1 rings (SSSR count). The number of benzene rings is 1. The van der Waals surface area contributed by atoms with Crippen LogP contribution in [0.4, 0.5) is 0 Å². The van der Waals surface area contributed by atoms with Gasteiger partial charge in [-0.25, -0.2) is 0 Å². The zero-order valence-electron chi connectivity index (χ0n) is 10.2. The van der Waals surface area contributed by atoms with E-state index in [0.29, 0.717) is 22.4 Å². The Balaban J connectivity index is 2.71. The summed E-state index contributed by atoms with van der Waals surface area (Å²) in [5.41, 5.74) is 6.74. The van der Waals surface area contributed by atoms with E-state index in [4.69, 9.17) is 28.9 Å². The molecule has 2 atom stereocenters. The molecule has 0 bridgehead atoms. The molecular weight excluding hydrogens is 257 g/mol. The highest BCUT2D eigenvalue weighted by Gasteiger charge is 2.19. The van der Waals surface area contributed by atoms with E-state index < -0.39 is 12.1 Å². The van der Waals surface area contributed by atoms with Gasteiger partial charge in [-0.3, -0.25) is 0 Å². The average Bonchev–Trinajstić information content (AvgIpc) is 2.25. The first-order chi connectivity index (χ1) is 7.91. The van der Waals surface area contributed by atoms with Crippen molar-refractivity contribution in [1.29, 1.82) is 0 Å². The monoisotopic (exact) mass is 275 g/mol. The molecule has 3 N–H and O–H groups in total. The van der Waals surface area contributed by atoms with Crippen LogP contribution in [0.1, 0.15) is 38.3 Å². The highest BCUT2D eigenvalue weighted by Crippen LogP contribution is 2.28. The first-order valence-corrected chi connectivity index (χ1v) is 6.56. The first kappa shape index (κ1) is 14.8. The Hall–Kier alpha value is -0.280. The number of rotatable bonds is 5. The molecule has 0 heterocycles. The Kier molecular flexibility index (Phi) is 5.74. The van der Waals surface area contributed by atoms with Crippen molar-refractivity contribution in [3.63, 3.8) is 0 Å². The van der Waals surface area contributed by atoms with E-state index in [9.17, 15) is 5.11 Å². The van der Waals surface area contributed by atoms with Gasteiger partial charge in [-0.15, -0.1) is 0 Å². The van der Waals surface area contributed by atoms with Gasteiger partial charge in [0.15, 0.2) is 0 Å². The van der Waals surface area contributed by atoms with Crippen molar-refractivity contribution in [3.8, 4) is 0 Å². The minimum Gasteiger partial charge on any atom is -0.391 e. The zero-order chi connectivity index (χ0) is 13.0.